The van der Waals surface area contributed by atoms with Gasteiger partial charge < -0.3 is 14.8 Å². The fraction of sp³-hybridized carbons (Fsp3) is 0.588. The van der Waals surface area contributed by atoms with Crippen molar-refractivity contribution in [1.29, 1.82) is 0 Å². The quantitative estimate of drug-likeness (QED) is 0.765. The first-order valence-corrected chi connectivity index (χ1v) is 9.90. The van der Waals surface area contributed by atoms with Crippen molar-refractivity contribution < 1.29 is 22.7 Å². The molecule has 25 heavy (non-hydrogen) atoms. The van der Waals surface area contributed by atoms with Gasteiger partial charge in [-0.1, -0.05) is 12.1 Å². The summed E-state index contributed by atoms with van der Waals surface area (Å²) in [4.78, 5) is 14.1. The molecule has 0 bridgehead atoms. The average Bonchev–Trinajstić information content (AvgIpc) is 2.79. The maximum atomic E-state index is 12.3. The van der Waals surface area contributed by atoms with Crippen molar-refractivity contribution in [2.45, 2.75) is 25.4 Å². The van der Waals surface area contributed by atoms with Crippen LogP contribution in [0.1, 0.15) is 18.9 Å². The molecule has 1 aromatic rings. The predicted molar refractivity (Wildman–Crippen MR) is 95.7 cm³/mol. The first-order chi connectivity index (χ1) is 11.7. The summed E-state index contributed by atoms with van der Waals surface area (Å²) >= 11 is 0. The van der Waals surface area contributed by atoms with Crippen molar-refractivity contribution >= 4 is 15.7 Å². The van der Waals surface area contributed by atoms with Gasteiger partial charge >= 0.3 is 0 Å². The number of likely N-dealkylation sites (N-methyl/N-ethyl adjacent to an activating group) is 1. The molecule has 8 heteroatoms. The number of methoxy groups -OCH3 is 2. The second kappa shape index (κ2) is 7.61. The van der Waals surface area contributed by atoms with E-state index in [1.807, 2.05) is 30.1 Å². The Morgan fingerprint density at radius 2 is 2.04 bits per heavy atom. The van der Waals surface area contributed by atoms with Gasteiger partial charge in [0.15, 0.2) is 21.3 Å². The molecule has 0 radical (unpaired) electrons. The highest BCUT2D eigenvalue weighted by atomic mass is 32.2. The van der Waals surface area contributed by atoms with Crippen molar-refractivity contribution in [3.8, 4) is 11.5 Å². The van der Waals surface area contributed by atoms with Crippen LogP contribution < -0.4 is 14.8 Å². The van der Waals surface area contributed by atoms with Crippen molar-refractivity contribution in [2.75, 3.05) is 39.3 Å². The summed E-state index contributed by atoms with van der Waals surface area (Å²) in [6.07, 6.45) is 0.453. The number of amides is 1. The third kappa shape index (κ3) is 5.09. The minimum Gasteiger partial charge on any atom is -0.493 e. The number of carbonyl (C=O) groups excluding carboxylic acids is 1. The Bertz CT molecular complexity index is 735. The molecule has 7 nitrogen and oxygen atoms in total. The number of rotatable bonds is 7. The molecule has 0 aromatic heterocycles. The summed E-state index contributed by atoms with van der Waals surface area (Å²) in [5.41, 5.74) is 0.233. The standard InChI is InChI=1S/C17H26N2O5S/c1-17(8-9-25(21,22)12-17)18-15(20)11-19(2)10-13-6-5-7-14(23-3)16(13)24-4/h5-7H,8-12H2,1-4H3,(H,18,20). The van der Waals surface area contributed by atoms with E-state index >= 15 is 0 Å². The van der Waals surface area contributed by atoms with Gasteiger partial charge in [0.25, 0.3) is 0 Å². The van der Waals surface area contributed by atoms with Crippen LogP contribution in [0.25, 0.3) is 0 Å². The second-order valence-electron chi connectivity index (χ2n) is 6.78. The maximum Gasteiger partial charge on any atom is 0.234 e. The maximum absolute atomic E-state index is 12.3. The molecule has 1 saturated heterocycles. The van der Waals surface area contributed by atoms with Crippen molar-refractivity contribution in [3.63, 3.8) is 0 Å². The third-order valence-electron chi connectivity index (χ3n) is 4.28. The first-order valence-electron chi connectivity index (χ1n) is 8.08. The summed E-state index contributed by atoms with van der Waals surface area (Å²) in [5.74, 6) is 1.22. The van der Waals surface area contributed by atoms with E-state index in [1.54, 1.807) is 21.1 Å². The molecular weight excluding hydrogens is 344 g/mol. The van der Waals surface area contributed by atoms with Crippen molar-refractivity contribution in [2.24, 2.45) is 0 Å². The highest BCUT2D eigenvalue weighted by Gasteiger charge is 2.39. The van der Waals surface area contributed by atoms with Crippen LogP contribution in [-0.2, 0) is 21.2 Å². The number of hydrogen-bond donors (Lipinski definition) is 1. The SMILES string of the molecule is COc1cccc(CN(C)CC(=O)NC2(C)CCS(=O)(=O)C2)c1OC. The van der Waals surface area contributed by atoms with Gasteiger partial charge in [-0.2, -0.15) is 0 Å². The number of nitrogens with zero attached hydrogens (tertiary/aromatic N) is 1. The zero-order valence-electron chi connectivity index (χ0n) is 15.2. The third-order valence-corrected chi connectivity index (χ3v) is 6.19. The van der Waals surface area contributed by atoms with E-state index in [2.05, 4.69) is 5.32 Å². The van der Waals surface area contributed by atoms with Gasteiger partial charge in [0.05, 0.1) is 37.8 Å². The van der Waals surface area contributed by atoms with Gasteiger partial charge in [0.2, 0.25) is 5.91 Å². The fourth-order valence-electron chi connectivity index (χ4n) is 3.16. The largest absolute Gasteiger partial charge is 0.493 e. The number of nitrogens with one attached hydrogen (secondary N) is 1. The molecule has 1 aromatic carbocycles. The van der Waals surface area contributed by atoms with E-state index in [9.17, 15) is 13.2 Å². The monoisotopic (exact) mass is 370 g/mol. The molecule has 2 rings (SSSR count). The van der Waals surface area contributed by atoms with E-state index in [0.29, 0.717) is 24.5 Å². The number of hydrogen-bond acceptors (Lipinski definition) is 6. The molecule has 1 aliphatic heterocycles. The Hall–Kier alpha value is -1.80. The zero-order chi connectivity index (χ0) is 18.7. The fourth-order valence-corrected chi connectivity index (χ4v) is 5.25. The highest BCUT2D eigenvalue weighted by molar-refractivity contribution is 7.91. The summed E-state index contributed by atoms with van der Waals surface area (Å²) in [6.45, 7) is 2.44. The number of benzene rings is 1. The second-order valence-corrected chi connectivity index (χ2v) is 8.96. The summed E-state index contributed by atoms with van der Waals surface area (Å²) in [6, 6.07) is 5.60. The zero-order valence-corrected chi connectivity index (χ0v) is 16.0. The van der Waals surface area contributed by atoms with E-state index in [1.165, 1.54) is 0 Å². The Balaban J connectivity index is 1.96. The average molecular weight is 370 g/mol. The Kier molecular flexibility index (Phi) is 5.95. The highest BCUT2D eigenvalue weighted by Crippen LogP contribution is 2.31. The van der Waals surface area contributed by atoms with E-state index in [4.69, 9.17) is 9.47 Å². The van der Waals surface area contributed by atoms with Crippen LogP contribution in [0.5, 0.6) is 11.5 Å². The lowest BCUT2D eigenvalue weighted by Crippen LogP contribution is -2.49. The van der Waals surface area contributed by atoms with Crippen molar-refractivity contribution in [1.82, 2.24) is 10.2 Å². The van der Waals surface area contributed by atoms with Crippen LogP contribution in [0.15, 0.2) is 18.2 Å². The van der Waals surface area contributed by atoms with Gasteiger partial charge in [0, 0.05) is 12.1 Å². The smallest absolute Gasteiger partial charge is 0.234 e. The van der Waals surface area contributed by atoms with Gasteiger partial charge in [-0.3, -0.25) is 9.69 Å². The van der Waals surface area contributed by atoms with Crippen LogP contribution in [0.2, 0.25) is 0 Å². The lowest BCUT2D eigenvalue weighted by molar-refractivity contribution is -0.123. The van der Waals surface area contributed by atoms with Crippen LogP contribution in [0.4, 0.5) is 0 Å². The van der Waals surface area contributed by atoms with E-state index in [-0.39, 0.29) is 24.0 Å². The molecular formula is C17H26N2O5S. The van der Waals surface area contributed by atoms with Gasteiger partial charge in [0.1, 0.15) is 0 Å². The summed E-state index contributed by atoms with van der Waals surface area (Å²) in [5, 5.41) is 2.86. The molecule has 1 fully saturated rings. The number of sulfone groups is 1. The number of ether oxygens (including phenoxy) is 2. The number of para-hydroxylation sites is 1. The molecule has 1 unspecified atom stereocenters. The lowest BCUT2D eigenvalue weighted by atomic mass is 10.0. The van der Waals surface area contributed by atoms with Crippen LogP contribution in [0.3, 0.4) is 0 Å². The van der Waals surface area contributed by atoms with E-state index in [0.717, 1.165) is 5.56 Å². The number of carbonyl (C=O) groups is 1. The molecule has 1 amide bonds. The Labute approximate surface area is 149 Å². The van der Waals surface area contributed by atoms with Gasteiger partial charge in [-0.15, -0.1) is 0 Å². The van der Waals surface area contributed by atoms with Crippen LogP contribution in [0, 0.1) is 0 Å². The topological polar surface area (TPSA) is 84.9 Å². The lowest BCUT2D eigenvalue weighted by Gasteiger charge is -2.26. The minimum absolute atomic E-state index is 0.000832. The van der Waals surface area contributed by atoms with Crippen LogP contribution in [-0.4, -0.2) is 64.1 Å². The van der Waals surface area contributed by atoms with Crippen LogP contribution >= 0.6 is 0 Å². The van der Waals surface area contributed by atoms with E-state index < -0.39 is 15.4 Å². The molecule has 0 saturated carbocycles. The first kappa shape index (κ1) is 19.5. The Morgan fingerprint density at radius 3 is 2.60 bits per heavy atom. The Morgan fingerprint density at radius 1 is 1.32 bits per heavy atom. The molecule has 1 atom stereocenters. The molecule has 1 heterocycles. The summed E-state index contributed by atoms with van der Waals surface area (Å²) < 4.78 is 34.0. The normalized spacial score (nSPS) is 22.0. The minimum atomic E-state index is -3.05. The molecule has 0 spiro atoms. The molecule has 1 N–H and O–H groups in total. The molecule has 1 aliphatic rings. The molecule has 140 valence electrons. The molecule has 0 aliphatic carbocycles. The predicted octanol–water partition coefficient (Wildman–Crippen LogP) is 0.829. The summed E-state index contributed by atoms with van der Waals surface area (Å²) in [7, 11) is 1.93. The van der Waals surface area contributed by atoms with Gasteiger partial charge in [-0.25, -0.2) is 8.42 Å². The van der Waals surface area contributed by atoms with Crippen molar-refractivity contribution in [3.05, 3.63) is 23.8 Å². The van der Waals surface area contributed by atoms with Gasteiger partial charge in [-0.05, 0) is 26.5 Å².